The molecule has 0 aliphatic heterocycles. The van der Waals surface area contributed by atoms with E-state index in [9.17, 15) is 35.9 Å². The van der Waals surface area contributed by atoms with Gasteiger partial charge in [-0.25, -0.2) is 4.79 Å². The lowest BCUT2D eigenvalue weighted by Crippen LogP contribution is -2.25. The molecule has 1 heterocycles. The summed E-state index contributed by atoms with van der Waals surface area (Å²) in [4.78, 5) is 25.6. The van der Waals surface area contributed by atoms with Gasteiger partial charge in [0.15, 0.2) is 0 Å². The molecule has 0 atom stereocenters. The van der Waals surface area contributed by atoms with Gasteiger partial charge in [-0.2, -0.15) is 26.3 Å². The fourth-order valence-corrected chi connectivity index (χ4v) is 1.69. The molecule has 10 heteroatoms. The van der Waals surface area contributed by atoms with Gasteiger partial charge in [-0.15, -0.1) is 0 Å². The predicted octanol–water partition coefficient (Wildman–Crippen LogP) is 2.25. The second-order valence-electron chi connectivity index (χ2n) is 3.85. The van der Waals surface area contributed by atoms with Crippen LogP contribution in [0.15, 0.2) is 21.7 Å². The number of aromatic nitrogens is 2. The molecule has 0 saturated carbocycles. The van der Waals surface area contributed by atoms with E-state index < -0.39 is 45.6 Å². The van der Waals surface area contributed by atoms with Gasteiger partial charge in [0.2, 0.25) is 0 Å². The molecule has 0 saturated heterocycles. The monoisotopic (exact) mass is 298 g/mol. The molecule has 2 aromatic rings. The van der Waals surface area contributed by atoms with Crippen LogP contribution in [-0.4, -0.2) is 9.97 Å². The first kappa shape index (κ1) is 14.2. The SMILES string of the molecule is O=c1[nH]c(=O)c2c(C(F)(F)F)cc(C(F)(F)F)cc2[nH]1. The zero-order valence-corrected chi connectivity index (χ0v) is 9.24. The van der Waals surface area contributed by atoms with Crippen LogP contribution in [0, 0.1) is 0 Å². The van der Waals surface area contributed by atoms with E-state index in [1.165, 1.54) is 4.98 Å². The topological polar surface area (TPSA) is 65.7 Å². The molecule has 2 N–H and O–H groups in total. The third-order valence-corrected chi connectivity index (χ3v) is 2.47. The fraction of sp³-hybridized carbons (Fsp3) is 0.200. The molecule has 0 bridgehead atoms. The van der Waals surface area contributed by atoms with E-state index in [2.05, 4.69) is 0 Å². The lowest BCUT2D eigenvalue weighted by atomic mass is 10.0. The lowest BCUT2D eigenvalue weighted by molar-refractivity contribution is -0.142. The summed E-state index contributed by atoms with van der Waals surface area (Å²) in [6, 6.07) is 0.108. The molecule has 1 aromatic heterocycles. The maximum atomic E-state index is 12.8. The molecule has 0 amide bonds. The summed E-state index contributed by atoms with van der Waals surface area (Å²) in [5, 5.41) is -1.05. The van der Waals surface area contributed by atoms with Crippen LogP contribution in [0.2, 0.25) is 0 Å². The van der Waals surface area contributed by atoms with E-state index in [0.29, 0.717) is 0 Å². The van der Waals surface area contributed by atoms with Crippen LogP contribution in [0.1, 0.15) is 11.1 Å². The van der Waals surface area contributed by atoms with E-state index in [1.54, 1.807) is 4.98 Å². The molecule has 0 aliphatic carbocycles. The van der Waals surface area contributed by atoms with E-state index in [0.717, 1.165) is 0 Å². The summed E-state index contributed by atoms with van der Waals surface area (Å²) in [5.41, 5.74) is -6.82. The summed E-state index contributed by atoms with van der Waals surface area (Å²) >= 11 is 0. The fourth-order valence-electron chi connectivity index (χ4n) is 1.69. The molecule has 0 aliphatic rings. The Morgan fingerprint density at radius 1 is 0.850 bits per heavy atom. The van der Waals surface area contributed by atoms with Gasteiger partial charge in [0.05, 0.1) is 22.0 Å². The molecule has 0 radical (unpaired) electrons. The summed E-state index contributed by atoms with van der Waals surface area (Å²) in [6.07, 6.45) is -10.2. The van der Waals surface area contributed by atoms with Crippen molar-refractivity contribution >= 4 is 10.9 Å². The molecule has 2 rings (SSSR count). The second-order valence-corrected chi connectivity index (χ2v) is 3.85. The van der Waals surface area contributed by atoms with Crippen molar-refractivity contribution in [1.82, 2.24) is 9.97 Å². The number of benzene rings is 1. The lowest BCUT2D eigenvalue weighted by Gasteiger charge is -2.13. The van der Waals surface area contributed by atoms with Crippen molar-refractivity contribution < 1.29 is 26.3 Å². The van der Waals surface area contributed by atoms with Gasteiger partial charge in [0, 0.05) is 0 Å². The zero-order valence-electron chi connectivity index (χ0n) is 9.24. The van der Waals surface area contributed by atoms with Gasteiger partial charge in [0.1, 0.15) is 0 Å². The molecule has 20 heavy (non-hydrogen) atoms. The Kier molecular flexibility index (Phi) is 2.91. The summed E-state index contributed by atoms with van der Waals surface area (Å²) in [6.45, 7) is 0. The highest BCUT2D eigenvalue weighted by atomic mass is 19.4. The van der Waals surface area contributed by atoms with Gasteiger partial charge < -0.3 is 4.98 Å². The Hall–Kier alpha value is -2.26. The Morgan fingerprint density at radius 3 is 1.95 bits per heavy atom. The van der Waals surface area contributed by atoms with Crippen LogP contribution in [0.3, 0.4) is 0 Å². The minimum atomic E-state index is -5.18. The number of alkyl halides is 6. The number of fused-ring (bicyclic) bond motifs is 1. The van der Waals surface area contributed by atoms with Gasteiger partial charge in [-0.05, 0) is 12.1 Å². The molecular formula is C10H4F6N2O2. The van der Waals surface area contributed by atoms with Crippen molar-refractivity contribution in [2.75, 3.05) is 0 Å². The highest BCUT2D eigenvalue weighted by Crippen LogP contribution is 2.38. The molecule has 0 spiro atoms. The Bertz CT molecular complexity index is 783. The van der Waals surface area contributed by atoms with Crippen LogP contribution >= 0.6 is 0 Å². The average molecular weight is 298 g/mol. The maximum Gasteiger partial charge on any atom is 0.417 e. The largest absolute Gasteiger partial charge is 0.417 e. The number of rotatable bonds is 0. The first-order valence-corrected chi connectivity index (χ1v) is 4.95. The Balaban J connectivity index is 3.01. The van der Waals surface area contributed by atoms with Crippen LogP contribution < -0.4 is 11.2 Å². The first-order chi connectivity index (χ1) is 9.00. The van der Waals surface area contributed by atoms with Crippen LogP contribution in [-0.2, 0) is 12.4 Å². The van der Waals surface area contributed by atoms with Crippen LogP contribution in [0.5, 0.6) is 0 Å². The normalized spacial score (nSPS) is 12.9. The summed E-state index contributed by atoms with van der Waals surface area (Å²) < 4.78 is 75.9. The summed E-state index contributed by atoms with van der Waals surface area (Å²) in [7, 11) is 0. The quantitative estimate of drug-likeness (QED) is 0.733. The molecule has 108 valence electrons. The van der Waals surface area contributed by atoms with Crippen molar-refractivity contribution in [2.45, 2.75) is 12.4 Å². The third kappa shape index (κ3) is 2.40. The zero-order chi connectivity index (χ0) is 15.3. The number of H-pyrrole nitrogens is 2. The van der Waals surface area contributed by atoms with Gasteiger partial charge in [-0.1, -0.05) is 0 Å². The van der Waals surface area contributed by atoms with Crippen LogP contribution in [0.4, 0.5) is 26.3 Å². The van der Waals surface area contributed by atoms with Crippen molar-refractivity contribution in [3.63, 3.8) is 0 Å². The number of hydrogen-bond donors (Lipinski definition) is 2. The molecule has 0 unspecified atom stereocenters. The van der Waals surface area contributed by atoms with E-state index in [4.69, 9.17) is 0 Å². The third-order valence-electron chi connectivity index (χ3n) is 2.47. The number of halogens is 6. The van der Waals surface area contributed by atoms with Gasteiger partial charge >= 0.3 is 18.0 Å². The minimum absolute atomic E-state index is 0.171. The predicted molar refractivity (Wildman–Crippen MR) is 55.2 cm³/mol. The second kappa shape index (κ2) is 4.12. The smallest absolute Gasteiger partial charge is 0.307 e. The standard InChI is InChI=1S/C10H4F6N2O2/c11-9(12,13)3-1-4(10(14,15)16)6-5(2-3)17-8(20)18-7(6)19/h1-2H,(H2,17,18,19,20). The number of hydrogen-bond acceptors (Lipinski definition) is 2. The van der Waals surface area contributed by atoms with E-state index in [-0.39, 0.29) is 12.1 Å². The molecule has 0 fully saturated rings. The van der Waals surface area contributed by atoms with Crippen molar-refractivity contribution in [3.05, 3.63) is 44.1 Å². The van der Waals surface area contributed by atoms with Crippen molar-refractivity contribution in [1.29, 1.82) is 0 Å². The average Bonchev–Trinajstić information content (AvgIpc) is 2.24. The van der Waals surface area contributed by atoms with Crippen LogP contribution in [0.25, 0.3) is 10.9 Å². The number of nitrogens with one attached hydrogen (secondary N) is 2. The van der Waals surface area contributed by atoms with Crippen molar-refractivity contribution in [2.24, 2.45) is 0 Å². The highest BCUT2D eigenvalue weighted by molar-refractivity contribution is 5.82. The molecule has 4 nitrogen and oxygen atoms in total. The molecular weight excluding hydrogens is 294 g/mol. The van der Waals surface area contributed by atoms with E-state index in [1.807, 2.05) is 0 Å². The van der Waals surface area contributed by atoms with Gasteiger partial charge in [0.25, 0.3) is 5.56 Å². The van der Waals surface area contributed by atoms with Crippen molar-refractivity contribution in [3.8, 4) is 0 Å². The maximum absolute atomic E-state index is 12.8. The van der Waals surface area contributed by atoms with E-state index >= 15 is 0 Å². The summed E-state index contributed by atoms with van der Waals surface area (Å²) in [5.74, 6) is 0. The Morgan fingerprint density at radius 2 is 1.45 bits per heavy atom. The molecule has 1 aromatic carbocycles. The highest BCUT2D eigenvalue weighted by Gasteiger charge is 2.39. The number of aromatic amines is 2. The Labute approximate surface area is 105 Å². The first-order valence-electron chi connectivity index (χ1n) is 4.95. The minimum Gasteiger partial charge on any atom is -0.307 e. The van der Waals surface area contributed by atoms with Gasteiger partial charge in [-0.3, -0.25) is 9.78 Å².